The molecule has 0 amide bonds. The molecule has 2 aromatic carbocycles. The molecule has 0 spiro atoms. The summed E-state index contributed by atoms with van der Waals surface area (Å²) in [4.78, 5) is 24.5. The lowest BCUT2D eigenvalue weighted by Crippen LogP contribution is -2.46. The van der Waals surface area contributed by atoms with Crippen LogP contribution in [0.1, 0.15) is 11.4 Å². The van der Waals surface area contributed by atoms with Crippen LogP contribution in [-0.2, 0) is 6.54 Å². The second-order valence-corrected chi connectivity index (χ2v) is 6.63. The smallest absolute Gasteiger partial charge is 0.258 e. The number of fused-ring (bicyclic) bond motifs is 1. The number of H-pyrrole nitrogens is 1. The first kappa shape index (κ1) is 15.8. The highest BCUT2D eigenvalue weighted by molar-refractivity contribution is 5.77. The van der Waals surface area contributed by atoms with Gasteiger partial charge in [0.2, 0.25) is 0 Å². The number of para-hydroxylation sites is 1. The van der Waals surface area contributed by atoms with E-state index < -0.39 is 0 Å². The highest BCUT2D eigenvalue weighted by atomic mass is 16.1. The zero-order valence-corrected chi connectivity index (χ0v) is 14.4. The molecule has 5 heteroatoms. The van der Waals surface area contributed by atoms with E-state index in [4.69, 9.17) is 0 Å². The quantitative estimate of drug-likeness (QED) is 0.800. The van der Waals surface area contributed by atoms with Crippen LogP contribution in [0.2, 0.25) is 0 Å². The third kappa shape index (κ3) is 3.42. The Kier molecular flexibility index (Phi) is 4.24. The first-order chi connectivity index (χ1) is 12.2. The van der Waals surface area contributed by atoms with Gasteiger partial charge < -0.3 is 9.88 Å². The van der Waals surface area contributed by atoms with Crippen LogP contribution >= 0.6 is 0 Å². The van der Waals surface area contributed by atoms with Crippen molar-refractivity contribution in [2.24, 2.45) is 0 Å². The van der Waals surface area contributed by atoms with Crippen molar-refractivity contribution in [2.45, 2.75) is 13.5 Å². The molecule has 1 N–H and O–H groups in total. The summed E-state index contributed by atoms with van der Waals surface area (Å²) in [6, 6.07) is 16.1. The van der Waals surface area contributed by atoms with E-state index in [1.165, 1.54) is 11.3 Å². The summed E-state index contributed by atoms with van der Waals surface area (Å²) in [7, 11) is 0. The van der Waals surface area contributed by atoms with Gasteiger partial charge in [-0.15, -0.1) is 0 Å². The largest absolute Gasteiger partial charge is 0.369 e. The molecule has 3 aromatic rings. The van der Waals surface area contributed by atoms with Crippen molar-refractivity contribution in [1.82, 2.24) is 14.9 Å². The van der Waals surface area contributed by atoms with Gasteiger partial charge in [-0.05, 0) is 36.8 Å². The molecule has 2 heterocycles. The summed E-state index contributed by atoms with van der Waals surface area (Å²) in [5, 5.41) is 0.649. The van der Waals surface area contributed by atoms with Crippen molar-refractivity contribution < 1.29 is 0 Å². The van der Waals surface area contributed by atoms with E-state index in [1.807, 2.05) is 24.3 Å². The van der Waals surface area contributed by atoms with Crippen molar-refractivity contribution in [1.29, 1.82) is 0 Å². The Morgan fingerprint density at radius 3 is 2.64 bits per heavy atom. The summed E-state index contributed by atoms with van der Waals surface area (Å²) in [6.07, 6.45) is 0. The molecule has 1 aliphatic rings. The number of anilines is 1. The van der Waals surface area contributed by atoms with Crippen LogP contribution in [0.15, 0.2) is 53.3 Å². The van der Waals surface area contributed by atoms with Gasteiger partial charge in [-0.2, -0.15) is 0 Å². The fourth-order valence-corrected chi connectivity index (χ4v) is 3.41. The third-order valence-corrected chi connectivity index (χ3v) is 4.77. The third-order valence-electron chi connectivity index (χ3n) is 4.77. The maximum absolute atomic E-state index is 12.2. The molecular weight excluding hydrogens is 312 g/mol. The summed E-state index contributed by atoms with van der Waals surface area (Å²) in [5.41, 5.74) is 3.29. The van der Waals surface area contributed by atoms with Gasteiger partial charge in [-0.25, -0.2) is 4.98 Å². The van der Waals surface area contributed by atoms with E-state index in [0.29, 0.717) is 11.9 Å². The topological polar surface area (TPSA) is 52.2 Å². The number of hydrogen-bond acceptors (Lipinski definition) is 4. The van der Waals surface area contributed by atoms with Crippen LogP contribution in [0.25, 0.3) is 10.9 Å². The number of aromatic amines is 1. The molecule has 0 radical (unpaired) electrons. The Morgan fingerprint density at radius 1 is 1.04 bits per heavy atom. The second kappa shape index (κ2) is 6.69. The molecular formula is C20H22N4O. The van der Waals surface area contributed by atoms with Gasteiger partial charge in [0.05, 0.1) is 17.4 Å². The minimum atomic E-state index is -0.0565. The van der Waals surface area contributed by atoms with Crippen LogP contribution in [0.3, 0.4) is 0 Å². The van der Waals surface area contributed by atoms with Crippen LogP contribution in [0, 0.1) is 6.92 Å². The minimum absolute atomic E-state index is 0.0565. The summed E-state index contributed by atoms with van der Waals surface area (Å²) in [5.74, 6) is 0.743. The summed E-state index contributed by atoms with van der Waals surface area (Å²) < 4.78 is 0. The first-order valence-electron chi connectivity index (χ1n) is 8.71. The lowest BCUT2D eigenvalue weighted by Gasteiger charge is -2.36. The zero-order valence-electron chi connectivity index (χ0n) is 14.4. The average Bonchev–Trinajstić information content (AvgIpc) is 2.62. The van der Waals surface area contributed by atoms with Gasteiger partial charge in [0.25, 0.3) is 5.56 Å². The molecule has 128 valence electrons. The molecule has 1 fully saturated rings. The fourth-order valence-electron chi connectivity index (χ4n) is 3.41. The standard InChI is InChI=1S/C20H22N4O/c1-15-5-4-6-16(13-15)24-11-9-23(10-12-24)14-19-21-18-8-3-2-7-17(18)20(25)22-19/h2-8,13H,9-12,14H2,1H3,(H,21,22,25). The molecule has 25 heavy (non-hydrogen) atoms. The molecule has 0 atom stereocenters. The molecule has 0 saturated carbocycles. The van der Waals surface area contributed by atoms with Crippen LogP contribution in [0.4, 0.5) is 5.69 Å². The van der Waals surface area contributed by atoms with E-state index in [-0.39, 0.29) is 5.56 Å². The highest BCUT2D eigenvalue weighted by Gasteiger charge is 2.18. The lowest BCUT2D eigenvalue weighted by atomic mass is 10.2. The van der Waals surface area contributed by atoms with Crippen molar-refractivity contribution in [3.8, 4) is 0 Å². The van der Waals surface area contributed by atoms with E-state index in [1.54, 1.807) is 0 Å². The van der Waals surface area contributed by atoms with Gasteiger partial charge in [0.1, 0.15) is 5.82 Å². The number of aryl methyl sites for hydroxylation is 1. The SMILES string of the molecule is Cc1cccc(N2CCN(Cc3nc4ccccc4c(=O)[nH]3)CC2)c1. The molecule has 0 aliphatic carbocycles. The van der Waals surface area contributed by atoms with Gasteiger partial charge in [0, 0.05) is 31.9 Å². The normalized spacial score (nSPS) is 15.6. The summed E-state index contributed by atoms with van der Waals surface area (Å²) in [6.45, 7) is 6.71. The number of hydrogen-bond donors (Lipinski definition) is 1. The van der Waals surface area contributed by atoms with E-state index in [9.17, 15) is 4.79 Å². The second-order valence-electron chi connectivity index (χ2n) is 6.63. The Labute approximate surface area is 146 Å². The van der Waals surface area contributed by atoms with Crippen LogP contribution in [0.5, 0.6) is 0 Å². The molecule has 1 aromatic heterocycles. The number of rotatable bonds is 3. The monoisotopic (exact) mass is 334 g/mol. The Bertz CT molecular complexity index is 942. The Balaban J connectivity index is 1.44. The minimum Gasteiger partial charge on any atom is -0.369 e. The zero-order chi connectivity index (χ0) is 17.2. The van der Waals surface area contributed by atoms with E-state index in [2.05, 4.69) is 51.0 Å². The number of benzene rings is 2. The first-order valence-corrected chi connectivity index (χ1v) is 8.71. The Morgan fingerprint density at radius 2 is 1.84 bits per heavy atom. The Hall–Kier alpha value is -2.66. The van der Waals surface area contributed by atoms with Gasteiger partial charge in [-0.1, -0.05) is 24.3 Å². The number of nitrogens with zero attached hydrogens (tertiary/aromatic N) is 3. The van der Waals surface area contributed by atoms with Crippen molar-refractivity contribution in [2.75, 3.05) is 31.1 Å². The van der Waals surface area contributed by atoms with Gasteiger partial charge >= 0.3 is 0 Å². The number of aromatic nitrogens is 2. The van der Waals surface area contributed by atoms with Gasteiger partial charge in [0.15, 0.2) is 0 Å². The van der Waals surface area contributed by atoms with Gasteiger partial charge in [-0.3, -0.25) is 9.69 Å². The van der Waals surface area contributed by atoms with E-state index >= 15 is 0 Å². The van der Waals surface area contributed by atoms with Crippen molar-refractivity contribution in [3.05, 3.63) is 70.3 Å². The van der Waals surface area contributed by atoms with Crippen LogP contribution in [-0.4, -0.2) is 41.0 Å². The maximum Gasteiger partial charge on any atom is 0.258 e. The molecule has 5 nitrogen and oxygen atoms in total. The van der Waals surface area contributed by atoms with E-state index in [0.717, 1.165) is 37.5 Å². The van der Waals surface area contributed by atoms with Crippen molar-refractivity contribution >= 4 is 16.6 Å². The fraction of sp³-hybridized carbons (Fsp3) is 0.300. The van der Waals surface area contributed by atoms with Crippen molar-refractivity contribution in [3.63, 3.8) is 0 Å². The maximum atomic E-state index is 12.2. The molecule has 0 bridgehead atoms. The number of nitrogens with one attached hydrogen (secondary N) is 1. The molecule has 0 unspecified atom stereocenters. The predicted molar refractivity (Wildman–Crippen MR) is 101 cm³/mol. The number of piperazine rings is 1. The lowest BCUT2D eigenvalue weighted by molar-refractivity contribution is 0.244. The van der Waals surface area contributed by atoms with Crippen LogP contribution < -0.4 is 10.5 Å². The molecule has 1 aliphatic heterocycles. The average molecular weight is 334 g/mol. The molecule has 1 saturated heterocycles. The molecule has 4 rings (SSSR count). The predicted octanol–water partition coefficient (Wildman–Crippen LogP) is 2.55. The summed E-state index contributed by atoms with van der Waals surface area (Å²) >= 11 is 0. The highest BCUT2D eigenvalue weighted by Crippen LogP contribution is 2.18.